The number of fused-ring (bicyclic) bond motifs is 1. The smallest absolute Gasteiger partial charge is 0.340 e. The van der Waals surface area contributed by atoms with Crippen molar-refractivity contribution in [1.82, 2.24) is 4.57 Å². The van der Waals surface area contributed by atoms with Crippen LogP contribution in [0.1, 0.15) is 16.1 Å². The number of rotatable bonds is 2. The molecule has 3 aromatic rings. The summed E-state index contributed by atoms with van der Waals surface area (Å²) in [5, 5.41) is 3.09. The van der Waals surface area contributed by atoms with Gasteiger partial charge < -0.3 is 9.88 Å². The zero-order chi connectivity index (χ0) is 17.5. The van der Waals surface area contributed by atoms with Crippen molar-refractivity contribution in [3.8, 4) is 0 Å². The maximum Gasteiger partial charge on any atom is 0.416 e. The van der Waals surface area contributed by atoms with Gasteiger partial charge in [0.05, 0.1) is 11.1 Å². The molecule has 1 amide bonds. The molecule has 7 heteroatoms. The van der Waals surface area contributed by atoms with Crippen molar-refractivity contribution in [1.29, 1.82) is 0 Å². The predicted molar refractivity (Wildman–Crippen MR) is 82.3 cm³/mol. The van der Waals surface area contributed by atoms with Gasteiger partial charge in [0.2, 0.25) is 0 Å². The summed E-state index contributed by atoms with van der Waals surface area (Å²) < 4.78 is 52.9. The van der Waals surface area contributed by atoms with Crippen molar-refractivity contribution in [2.45, 2.75) is 6.18 Å². The van der Waals surface area contributed by atoms with Crippen LogP contribution in [-0.4, -0.2) is 10.5 Å². The lowest BCUT2D eigenvalue weighted by molar-refractivity contribution is -0.137. The number of benzene rings is 2. The van der Waals surface area contributed by atoms with Crippen LogP contribution in [0.2, 0.25) is 0 Å². The molecule has 0 unspecified atom stereocenters. The van der Waals surface area contributed by atoms with Gasteiger partial charge in [-0.1, -0.05) is 6.07 Å². The summed E-state index contributed by atoms with van der Waals surface area (Å²) in [6, 6.07) is 10.0. The molecule has 0 aliphatic carbocycles. The molecule has 0 radical (unpaired) electrons. The summed E-state index contributed by atoms with van der Waals surface area (Å²) in [6.07, 6.45) is -4.49. The summed E-state index contributed by atoms with van der Waals surface area (Å²) in [7, 11) is 1.59. The van der Waals surface area contributed by atoms with E-state index in [0.717, 1.165) is 12.1 Å². The van der Waals surface area contributed by atoms with Crippen molar-refractivity contribution in [2.24, 2.45) is 7.05 Å². The third-order valence-corrected chi connectivity index (χ3v) is 3.69. The number of halogens is 4. The molecule has 0 aliphatic heterocycles. The molecule has 24 heavy (non-hydrogen) atoms. The van der Waals surface area contributed by atoms with Gasteiger partial charge in [-0.2, -0.15) is 13.2 Å². The van der Waals surface area contributed by atoms with E-state index in [9.17, 15) is 22.4 Å². The molecule has 0 atom stereocenters. The van der Waals surface area contributed by atoms with E-state index in [-0.39, 0.29) is 11.4 Å². The minimum absolute atomic E-state index is 0.0336. The Balaban J connectivity index is 1.92. The van der Waals surface area contributed by atoms with Gasteiger partial charge in [-0.15, -0.1) is 0 Å². The Hall–Kier alpha value is -2.83. The molecule has 3 nitrogen and oxygen atoms in total. The van der Waals surface area contributed by atoms with Crippen molar-refractivity contribution in [2.75, 3.05) is 5.32 Å². The first kappa shape index (κ1) is 16.0. The molecule has 0 saturated heterocycles. The van der Waals surface area contributed by atoms with Gasteiger partial charge in [-0.05, 0) is 42.5 Å². The van der Waals surface area contributed by atoms with Gasteiger partial charge in [0.25, 0.3) is 5.91 Å². The van der Waals surface area contributed by atoms with Gasteiger partial charge in [0.1, 0.15) is 11.5 Å². The number of aromatic nitrogens is 1. The molecular formula is C17H12F4N2O. The largest absolute Gasteiger partial charge is 0.416 e. The van der Waals surface area contributed by atoms with Crippen molar-refractivity contribution in [3.05, 3.63) is 65.6 Å². The number of hydrogen-bond donors (Lipinski definition) is 1. The number of alkyl halides is 3. The molecule has 3 rings (SSSR count). The van der Waals surface area contributed by atoms with E-state index in [1.165, 1.54) is 34.9 Å². The fraction of sp³-hybridized carbons (Fsp3) is 0.118. The number of nitrogens with one attached hydrogen (secondary N) is 1. The molecule has 0 bridgehead atoms. The van der Waals surface area contributed by atoms with Crippen LogP contribution < -0.4 is 5.32 Å². The van der Waals surface area contributed by atoms with E-state index in [1.807, 2.05) is 0 Å². The normalized spacial score (nSPS) is 11.7. The lowest BCUT2D eigenvalue weighted by Crippen LogP contribution is -2.16. The SMILES string of the molecule is Cn1c(C(=O)Nc2cccc(C(F)(F)F)c2)cc2ccc(F)cc21. The van der Waals surface area contributed by atoms with E-state index >= 15 is 0 Å². The Labute approximate surface area is 134 Å². The van der Waals surface area contributed by atoms with Crippen molar-refractivity contribution in [3.63, 3.8) is 0 Å². The highest BCUT2D eigenvalue weighted by molar-refractivity contribution is 6.06. The molecule has 0 saturated carbocycles. The molecule has 1 aromatic heterocycles. The molecule has 0 spiro atoms. The third-order valence-electron chi connectivity index (χ3n) is 3.69. The molecule has 1 heterocycles. The van der Waals surface area contributed by atoms with E-state index in [0.29, 0.717) is 10.9 Å². The highest BCUT2D eigenvalue weighted by Gasteiger charge is 2.30. The van der Waals surface area contributed by atoms with Crippen molar-refractivity contribution < 1.29 is 22.4 Å². The second-order valence-corrected chi connectivity index (χ2v) is 5.32. The predicted octanol–water partition coefficient (Wildman–Crippen LogP) is 4.59. The van der Waals surface area contributed by atoms with Crippen LogP contribution in [0.25, 0.3) is 10.9 Å². The van der Waals surface area contributed by atoms with Gasteiger partial charge in [-0.25, -0.2) is 4.39 Å². The third kappa shape index (κ3) is 2.97. The fourth-order valence-corrected chi connectivity index (χ4v) is 2.49. The highest BCUT2D eigenvalue weighted by atomic mass is 19.4. The van der Waals surface area contributed by atoms with Gasteiger partial charge >= 0.3 is 6.18 Å². The molecule has 0 fully saturated rings. The maximum absolute atomic E-state index is 13.3. The first-order valence-electron chi connectivity index (χ1n) is 6.99. The first-order valence-corrected chi connectivity index (χ1v) is 6.99. The fourth-order valence-electron chi connectivity index (χ4n) is 2.49. The average molecular weight is 336 g/mol. The zero-order valence-corrected chi connectivity index (χ0v) is 12.5. The Morgan fingerprint density at radius 2 is 1.83 bits per heavy atom. The minimum Gasteiger partial charge on any atom is -0.340 e. The zero-order valence-electron chi connectivity index (χ0n) is 12.5. The number of nitrogens with zero attached hydrogens (tertiary/aromatic N) is 1. The van der Waals surface area contributed by atoms with Crippen LogP contribution in [-0.2, 0) is 13.2 Å². The lowest BCUT2D eigenvalue weighted by Gasteiger charge is -2.10. The van der Waals surface area contributed by atoms with Gasteiger partial charge in [0.15, 0.2) is 0 Å². The van der Waals surface area contributed by atoms with E-state index in [2.05, 4.69) is 5.32 Å². The molecular weight excluding hydrogens is 324 g/mol. The Bertz CT molecular complexity index is 928. The lowest BCUT2D eigenvalue weighted by atomic mass is 10.2. The van der Waals surface area contributed by atoms with Gasteiger partial charge in [-0.3, -0.25) is 4.79 Å². The number of anilines is 1. The summed E-state index contributed by atoms with van der Waals surface area (Å²) in [6.45, 7) is 0. The highest BCUT2D eigenvalue weighted by Crippen LogP contribution is 2.31. The van der Waals surface area contributed by atoms with Gasteiger partial charge in [0, 0.05) is 18.1 Å². The monoisotopic (exact) mass is 336 g/mol. The Morgan fingerprint density at radius 3 is 2.54 bits per heavy atom. The summed E-state index contributed by atoms with van der Waals surface area (Å²) in [5.74, 6) is -1.01. The molecule has 124 valence electrons. The second kappa shape index (κ2) is 5.67. The maximum atomic E-state index is 13.3. The molecule has 1 N–H and O–H groups in total. The van der Waals surface area contributed by atoms with Crippen LogP contribution in [0.3, 0.4) is 0 Å². The number of amides is 1. The molecule has 0 aliphatic rings. The van der Waals surface area contributed by atoms with Crippen LogP contribution in [0.15, 0.2) is 48.5 Å². The number of aryl methyl sites for hydroxylation is 1. The molecule has 2 aromatic carbocycles. The quantitative estimate of drug-likeness (QED) is 0.683. The standard InChI is InChI=1S/C17H12F4N2O/c1-23-14-9-12(18)6-5-10(14)7-15(23)16(24)22-13-4-2-3-11(8-13)17(19,20)21/h2-9H,1H3,(H,22,24). The van der Waals surface area contributed by atoms with Crippen LogP contribution >= 0.6 is 0 Å². The summed E-state index contributed by atoms with van der Waals surface area (Å²) >= 11 is 0. The summed E-state index contributed by atoms with van der Waals surface area (Å²) in [5.41, 5.74) is -0.0807. The summed E-state index contributed by atoms with van der Waals surface area (Å²) in [4.78, 5) is 12.3. The van der Waals surface area contributed by atoms with E-state index < -0.39 is 23.5 Å². The van der Waals surface area contributed by atoms with Crippen LogP contribution in [0.5, 0.6) is 0 Å². The number of carbonyl (C=O) groups is 1. The Morgan fingerprint density at radius 1 is 1.08 bits per heavy atom. The van der Waals surface area contributed by atoms with Crippen LogP contribution in [0.4, 0.5) is 23.2 Å². The number of hydrogen-bond acceptors (Lipinski definition) is 1. The topological polar surface area (TPSA) is 34.0 Å². The first-order chi connectivity index (χ1) is 11.3. The van der Waals surface area contributed by atoms with Crippen LogP contribution in [0, 0.1) is 5.82 Å². The average Bonchev–Trinajstić information content (AvgIpc) is 2.84. The minimum atomic E-state index is -4.49. The second-order valence-electron chi connectivity index (χ2n) is 5.32. The van der Waals surface area contributed by atoms with Crippen molar-refractivity contribution >= 4 is 22.5 Å². The van der Waals surface area contributed by atoms with E-state index in [1.54, 1.807) is 13.1 Å². The van der Waals surface area contributed by atoms with E-state index in [4.69, 9.17) is 0 Å². The Kier molecular flexibility index (Phi) is 3.79. The number of carbonyl (C=O) groups excluding carboxylic acids is 1.